The number of halogens is 2. The zero-order valence-electron chi connectivity index (χ0n) is 10.2. The highest BCUT2D eigenvalue weighted by Crippen LogP contribution is 2.33. The molecule has 1 aliphatic heterocycles. The molecule has 8 heteroatoms. The van der Waals surface area contributed by atoms with Crippen LogP contribution in [0.1, 0.15) is 13.3 Å². The van der Waals surface area contributed by atoms with Crippen molar-refractivity contribution >= 4 is 27.3 Å². The summed E-state index contributed by atoms with van der Waals surface area (Å²) in [6, 6.07) is 2.17. The predicted molar refractivity (Wildman–Crippen MR) is 69.8 cm³/mol. The van der Waals surface area contributed by atoms with Gasteiger partial charge in [0.2, 0.25) is 10.0 Å². The topological polar surface area (TPSA) is 83.6 Å². The smallest absolute Gasteiger partial charge is 0.246 e. The second-order valence-corrected chi connectivity index (χ2v) is 6.98. The number of rotatable bonds is 3. The zero-order chi connectivity index (χ0) is 14.4. The fourth-order valence-corrected chi connectivity index (χ4v) is 3.92. The van der Waals surface area contributed by atoms with Crippen LogP contribution in [0.2, 0.25) is 5.02 Å². The van der Waals surface area contributed by atoms with Crippen molar-refractivity contribution in [3.63, 3.8) is 0 Å². The van der Waals surface area contributed by atoms with Crippen molar-refractivity contribution in [1.82, 2.24) is 4.31 Å². The average Bonchev–Trinajstić information content (AvgIpc) is 2.29. The summed E-state index contributed by atoms with van der Waals surface area (Å²) in [4.78, 5) is -0.560. The van der Waals surface area contributed by atoms with E-state index in [1.54, 1.807) is 6.92 Å². The molecule has 1 fully saturated rings. The minimum atomic E-state index is -4.03. The van der Waals surface area contributed by atoms with Gasteiger partial charge < -0.3 is 10.8 Å². The second kappa shape index (κ2) is 4.59. The molecule has 1 saturated heterocycles. The summed E-state index contributed by atoms with van der Waals surface area (Å²) in [6.07, 6.45) is 0.430. The first kappa shape index (κ1) is 14.5. The third-order valence-corrected chi connectivity index (χ3v) is 5.30. The molecule has 0 amide bonds. The van der Waals surface area contributed by atoms with Crippen LogP contribution in [0.3, 0.4) is 0 Å². The largest absolute Gasteiger partial charge is 0.399 e. The van der Waals surface area contributed by atoms with Crippen molar-refractivity contribution in [1.29, 1.82) is 0 Å². The van der Waals surface area contributed by atoms with Gasteiger partial charge in [0.15, 0.2) is 5.82 Å². The maximum atomic E-state index is 13.8. The molecule has 0 atom stereocenters. The molecule has 19 heavy (non-hydrogen) atoms. The highest BCUT2D eigenvalue weighted by atomic mass is 35.5. The number of nitrogens with zero attached hydrogens (tertiary/aromatic N) is 1. The summed E-state index contributed by atoms with van der Waals surface area (Å²) < 4.78 is 39.2. The molecule has 1 heterocycles. The fraction of sp³-hybridized carbons (Fsp3) is 0.455. The molecular weight excluding hydrogens is 295 g/mol. The number of aliphatic hydroxyl groups is 1. The lowest BCUT2D eigenvalue weighted by Crippen LogP contribution is -2.62. The lowest BCUT2D eigenvalue weighted by atomic mass is 9.94. The van der Waals surface area contributed by atoms with Gasteiger partial charge in [-0.25, -0.2) is 12.8 Å². The Morgan fingerprint density at radius 3 is 2.63 bits per heavy atom. The van der Waals surface area contributed by atoms with E-state index in [1.165, 1.54) is 0 Å². The van der Waals surface area contributed by atoms with E-state index in [1.807, 2.05) is 0 Å². The van der Waals surface area contributed by atoms with Crippen LogP contribution in [-0.4, -0.2) is 36.5 Å². The van der Waals surface area contributed by atoms with Gasteiger partial charge in [-0.05, 0) is 18.6 Å². The maximum Gasteiger partial charge on any atom is 0.246 e. The predicted octanol–water partition coefficient (Wildman–Crippen LogP) is 1.21. The van der Waals surface area contributed by atoms with E-state index < -0.39 is 26.3 Å². The number of hydrogen-bond donors (Lipinski definition) is 2. The molecule has 2 rings (SSSR count). The van der Waals surface area contributed by atoms with Gasteiger partial charge in [0.05, 0.1) is 10.6 Å². The minimum absolute atomic E-state index is 0.0578. The van der Waals surface area contributed by atoms with Crippen LogP contribution in [0.4, 0.5) is 10.1 Å². The summed E-state index contributed by atoms with van der Waals surface area (Å²) in [6.45, 7) is 1.64. The summed E-state index contributed by atoms with van der Waals surface area (Å²) in [5, 5.41) is 9.48. The Morgan fingerprint density at radius 2 is 2.11 bits per heavy atom. The summed E-state index contributed by atoms with van der Waals surface area (Å²) >= 11 is 5.59. The minimum Gasteiger partial charge on any atom is -0.399 e. The van der Waals surface area contributed by atoms with Crippen LogP contribution in [0.5, 0.6) is 0 Å². The summed E-state index contributed by atoms with van der Waals surface area (Å²) in [7, 11) is -4.03. The molecule has 3 N–H and O–H groups in total. The summed E-state index contributed by atoms with van der Waals surface area (Å²) in [5.74, 6) is -1.03. The van der Waals surface area contributed by atoms with Crippen molar-refractivity contribution in [2.75, 3.05) is 18.8 Å². The molecular formula is C11H14ClFN2O3S. The molecule has 0 aromatic heterocycles. The normalized spacial score (nSPS) is 19.2. The van der Waals surface area contributed by atoms with E-state index in [0.717, 1.165) is 16.4 Å². The molecule has 5 nitrogen and oxygen atoms in total. The Kier molecular flexibility index (Phi) is 3.51. The standard InChI is InChI=1S/C11H14ClFN2O3S/c1-2-11(16)5-15(6-11)19(17,18)9-4-7(14)3-8(12)10(9)13/h3-4,16H,2,5-6,14H2,1H3. The van der Waals surface area contributed by atoms with E-state index in [0.29, 0.717) is 6.42 Å². The quantitative estimate of drug-likeness (QED) is 0.822. The van der Waals surface area contributed by atoms with E-state index in [4.69, 9.17) is 17.3 Å². The molecule has 106 valence electrons. The lowest BCUT2D eigenvalue weighted by Gasteiger charge is -2.44. The Balaban J connectivity index is 2.37. The fourth-order valence-electron chi connectivity index (χ4n) is 1.91. The first-order chi connectivity index (χ1) is 8.69. The van der Waals surface area contributed by atoms with Gasteiger partial charge in [-0.3, -0.25) is 0 Å². The van der Waals surface area contributed by atoms with Crippen LogP contribution in [0.15, 0.2) is 17.0 Å². The van der Waals surface area contributed by atoms with Crippen LogP contribution in [0, 0.1) is 5.82 Å². The van der Waals surface area contributed by atoms with Gasteiger partial charge in [0.25, 0.3) is 0 Å². The Morgan fingerprint density at radius 1 is 1.53 bits per heavy atom. The SMILES string of the molecule is CCC1(O)CN(S(=O)(=O)c2cc(N)cc(Cl)c2F)C1. The van der Waals surface area contributed by atoms with Crippen molar-refractivity contribution in [2.45, 2.75) is 23.8 Å². The number of β-amino-alcohol motifs (C(OH)–C–C–N with tert-alkyl or cyclic N) is 1. The van der Waals surface area contributed by atoms with Crippen molar-refractivity contribution in [3.8, 4) is 0 Å². The van der Waals surface area contributed by atoms with Crippen molar-refractivity contribution < 1.29 is 17.9 Å². The van der Waals surface area contributed by atoms with Gasteiger partial charge in [0.1, 0.15) is 4.90 Å². The first-order valence-electron chi connectivity index (χ1n) is 5.67. The molecule has 0 spiro atoms. The van der Waals surface area contributed by atoms with Gasteiger partial charge in [-0.15, -0.1) is 0 Å². The summed E-state index contributed by atoms with van der Waals surface area (Å²) in [5.41, 5.74) is 4.51. The van der Waals surface area contributed by atoms with Crippen molar-refractivity contribution in [3.05, 3.63) is 23.0 Å². The van der Waals surface area contributed by atoms with E-state index in [9.17, 15) is 17.9 Å². The van der Waals surface area contributed by atoms with Gasteiger partial charge in [-0.2, -0.15) is 4.31 Å². The number of benzene rings is 1. The number of nitrogens with two attached hydrogens (primary N) is 1. The third kappa shape index (κ3) is 2.43. The first-order valence-corrected chi connectivity index (χ1v) is 7.48. The molecule has 1 aliphatic rings. The van der Waals surface area contributed by atoms with E-state index in [2.05, 4.69) is 0 Å². The van der Waals surface area contributed by atoms with Gasteiger partial charge >= 0.3 is 0 Å². The van der Waals surface area contributed by atoms with Crippen LogP contribution in [0.25, 0.3) is 0 Å². The highest BCUT2D eigenvalue weighted by molar-refractivity contribution is 7.89. The second-order valence-electron chi connectivity index (χ2n) is 4.67. The van der Waals surface area contributed by atoms with Gasteiger partial charge in [0, 0.05) is 18.8 Å². The molecule has 0 aliphatic carbocycles. The zero-order valence-corrected chi connectivity index (χ0v) is 11.8. The van der Waals surface area contributed by atoms with Crippen LogP contribution >= 0.6 is 11.6 Å². The Hall–Kier alpha value is -0.890. The van der Waals surface area contributed by atoms with Crippen LogP contribution in [-0.2, 0) is 10.0 Å². The molecule has 0 radical (unpaired) electrons. The number of hydrogen-bond acceptors (Lipinski definition) is 4. The monoisotopic (exact) mass is 308 g/mol. The molecule has 0 saturated carbocycles. The number of nitrogen functional groups attached to an aromatic ring is 1. The molecule has 1 aromatic rings. The van der Waals surface area contributed by atoms with Crippen LogP contribution < -0.4 is 5.73 Å². The third-order valence-electron chi connectivity index (χ3n) is 3.23. The van der Waals surface area contributed by atoms with Crippen molar-refractivity contribution in [2.24, 2.45) is 0 Å². The number of sulfonamides is 1. The molecule has 1 aromatic carbocycles. The average molecular weight is 309 g/mol. The highest BCUT2D eigenvalue weighted by Gasteiger charge is 2.46. The van der Waals surface area contributed by atoms with E-state index >= 15 is 0 Å². The molecule has 0 unspecified atom stereocenters. The lowest BCUT2D eigenvalue weighted by molar-refractivity contribution is -0.0614. The van der Waals surface area contributed by atoms with Gasteiger partial charge in [-0.1, -0.05) is 18.5 Å². The number of anilines is 1. The Bertz CT molecular complexity index is 615. The Labute approximate surface area is 115 Å². The van der Waals surface area contributed by atoms with E-state index in [-0.39, 0.29) is 23.8 Å². The maximum absolute atomic E-state index is 13.8. The molecule has 0 bridgehead atoms.